The molecule has 138 valence electrons. The molecule has 0 radical (unpaired) electrons. The number of hydrogen-bond donors (Lipinski definition) is 3. The first-order valence-corrected chi connectivity index (χ1v) is 9.33. The van der Waals surface area contributed by atoms with Crippen LogP contribution in [0.4, 0.5) is 5.69 Å². The first-order valence-electron chi connectivity index (χ1n) is 9.33. The number of carbonyl (C=O) groups excluding carboxylic acids is 1. The summed E-state index contributed by atoms with van der Waals surface area (Å²) in [5, 5.41) is 17.1. The molecule has 1 aliphatic rings. The van der Waals surface area contributed by atoms with E-state index in [0.717, 1.165) is 36.1 Å². The number of carbonyl (C=O) groups is 1. The molecule has 0 aromatic heterocycles. The Morgan fingerprint density at radius 1 is 1.12 bits per heavy atom. The number of rotatable bonds is 7. The zero-order valence-electron chi connectivity index (χ0n) is 15.6. The van der Waals surface area contributed by atoms with Crippen molar-refractivity contribution in [2.75, 3.05) is 11.9 Å². The summed E-state index contributed by atoms with van der Waals surface area (Å²) in [4.78, 5) is 11.7. The van der Waals surface area contributed by atoms with Gasteiger partial charge in [0.15, 0.2) is 0 Å². The Hall–Kier alpha value is -2.17. The van der Waals surface area contributed by atoms with Crippen molar-refractivity contribution in [3.63, 3.8) is 0 Å². The van der Waals surface area contributed by atoms with E-state index in [4.69, 9.17) is 0 Å². The zero-order valence-corrected chi connectivity index (χ0v) is 15.6. The van der Waals surface area contributed by atoms with Gasteiger partial charge in [-0.2, -0.15) is 0 Å². The van der Waals surface area contributed by atoms with Gasteiger partial charge in [0.2, 0.25) is 5.91 Å². The lowest BCUT2D eigenvalue weighted by atomic mass is 9.93. The molecule has 26 heavy (non-hydrogen) atoms. The number of aliphatic hydroxyl groups excluding tert-OH is 1. The second-order valence-corrected chi connectivity index (χ2v) is 7.70. The normalized spacial score (nSPS) is 15.3. The van der Waals surface area contributed by atoms with Crippen molar-refractivity contribution < 1.29 is 9.90 Å². The average Bonchev–Trinajstić information content (AvgIpc) is 2.65. The van der Waals surface area contributed by atoms with Gasteiger partial charge in [0.1, 0.15) is 0 Å². The second kappa shape index (κ2) is 8.02. The number of aliphatic hydroxyl groups is 1. The highest BCUT2D eigenvalue weighted by Crippen LogP contribution is 2.30. The van der Waals surface area contributed by atoms with Crippen LogP contribution in [0.3, 0.4) is 0 Å². The SMILES string of the molecule is CC(C)(CCc1ccccc1)NCC(O)c1cccc2c1NC(=O)CC2. The Morgan fingerprint density at radius 3 is 2.65 bits per heavy atom. The topological polar surface area (TPSA) is 61.4 Å². The molecule has 1 unspecified atom stereocenters. The molecule has 3 rings (SSSR count). The molecule has 2 aromatic carbocycles. The maximum atomic E-state index is 11.7. The van der Waals surface area contributed by atoms with Crippen molar-refractivity contribution in [2.45, 2.75) is 51.2 Å². The number of benzene rings is 2. The summed E-state index contributed by atoms with van der Waals surface area (Å²) < 4.78 is 0. The van der Waals surface area contributed by atoms with Crippen molar-refractivity contribution >= 4 is 11.6 Å². The number of β-amino-alcohol motifs (C(OH)–C–C–N with tert-alkyl or cyclic N) is 1. The fourth-order valence-electron chi connectivity index (χ4n) is 3.38. The number of hydrogen-bond acceptors (Lipinski definition) is 3. The Morgan fingerprint density at radius 2 is 1.88 bits per heavy atom. The molecule has 0 bridgehead atoms. The Labute approximate surface area is 155 Å². The van der Waals surface area contributed by atoms with Crippen LogP contribution in [0.15, 0.2) is 48.5 Å². The standard InChI is InChI=1S/C22H28N2O2/c1-22(2,14-13-16-7-4-3-5-8-16)23-15-19(25)18-10-6-9-17-11-12-20(26)24-21(17)18/h3-10,19,23,25H,11-15H2,1-2H3,(H,24,26). The largest absolute Gasteiger partial charge is 0.387 e. The van der Waals surface area contributed by atoms with Crippen molar-refractivity contribution in [1.29, 1.82) is 0 Å². The van der Waals surface area contributed by atoms with Crippen LogP contribution in [0, 0.1) is 0 Å². The van der Waals surface area contributed by atoms with Gasteiger partial charge in [-0.1, -0.05) is 48.5 Å². The van der Waals surface area contributed by atoms with E-state index in [1.807, 2.05) is 24.3 Å². The maximum Gasteiger partial charge on any atom is 0.224 e. The molecule has 1 atom stereocenters. The molecule has 4 nitrogen and oxygen atoms in total. The Balaban J connectivity index is 1.60. The van der Waals surface area contributed by atoms with Gasteiger partial charge < -0.3 is 15.7 Å². The molecular weight excluding hydrogens is 324 g/mol. The van der Waals surface area contributed by atoms with E-state index < -0.39 is 6.10 Å². The molecule has 1 heterocycles. The van der Waals surface area contributed by atoms with Crippen molar-refractivity contribution in [1.82, 2.24) is 5.32 Å². The molecule has 0 aliphatic carbocycles. The second-order valence-electron chi connectivity index (χ2n) is 7.70. The summed E-state index contributed by atoms with van der Waals surface area (Å²) in [6.45, 7) is 4.77. The summed E-state index contributed by atoms with van der Waals surface area (Å²) in [7, 11) is 0. The quantitative estimate of drug-likeness (QED) is 0.713. The van der Waals surface area contributed by atoms with Crippen molar-refractivity contribution in [3.8, 4) is 0 Å². The van der Waals surface area contributed by atoms with Gasteiger partial charge in [-0.15, -0.1) is 0 Å². The van der Waals surface area contributed by atoms with Crippen LogP contribution in [-0.4, -0.2) is 23.1 Å². The molecule has 0 fully saturated rings. The zero-order chi connectivity index (χ0) is 18.6. The highest BCUT2D eigenvalue weighted by molar-refractivity contribution is 5.94. The molecule has 1 aliphatic heterocycles. The minimum absolute atomic E-state index is 0.0216. The molecule has 0 saturated carbocycles. The molecular formula is C22H28N2O2. The lowest BCUT2D eigenvalue weighted by Gasteiger charge is -2.29. The van der Waals surface area contributed by atoms with E-state index >= 15 is 0 Å². The Kier molecular flexibility index (Phi) is 5.74. The number of para-hydroxylation sites is 1. The minimum atomic E-state index is -0.653. The molecule has 3 N–H and O–H groups in total. The van der Waals surface area contributed by atoms with Crippen LogP contribution in [0.5, 0.6) is 0 Å². The van der Waals surface area contributed by atoms with E-state index in [9.17, 15) is 9.90 Å². The summed E-state index contributed by atoms with van der Waals surface area (Å²) in [5.41, 5.74) is 3.92. The van der Waals surface area contributed by atoms with Crippen LogP contribution in [0.25, 0.3) is 0 Å². The predicted octanol–water partition coefficient (Wildman–Crippen LogP) is 3.61. The summed E-state index contributed by atoms with van der Waals surface area (Å²) in [5.74, 6) is 0.0216. The predicted molar refractivity (Wildman–Crippen MR) is 105 cm³/mol. The first-order chi connectivity index (χ1) is 12.4. The number of nitrogens with one attached hydrogen (secondary N) is 2. The van der Waals surface area contributed by atoms with Gasteiger partial charge in [-0.05, 0) is 44.2 Å². The van der Waals surface area contributed by atoms with Gasteiger partial charge in [0.25, 0.3) is 0 Å². The van der Waals surface area contributed by atoms with Crippen LogP contribution in [0.1, 0.15) is 49.5 Å². The van der Waals surface area contributed by atoms with Gasteiger partial charge >= 0.3 is 0 Å². The third-order valence-corrected chi connectivity index (χ3v) is 5.08. The van der Waals surface area contributed by atoms with Crippen LogP contribution in [-0.2, 0) is 17.6 Å². The fourth-order valence-corrected chi connectivity index (χ4v) is 3.38. The lowest BCUT2D eigenvalue weighted by Crippen LogP contribution is -2.42. The van der Waals surface area contributed by atoms with Crippen LogP contribution in [0.2, 0.25) is 0 Å². The lowest BCUT2D eigenvalue weighted by molar-refractivity contribution is -0.116. The van der Waals surface area contributed by atoms with E-state index in [-0.39, 0.29) is 11.4 Å². The molecule has 0 saturated heterocycles. The van der Waals surface area contributed by atoms with Crippen molar-refractivity contribution in [3.05, 3.63) is 65.2 Å². The highest BCUT2D eigenvalue weighted by atomic mass is 16.3. The smallest absolute Gasteiger partial charge is 0.224 e. The van der Waals surface area contributed by atoms with Crippen LogP contribution >= 0.6 is 0 Å². The number of amides is 1. The first kappa shape index (κ1) is 18.6. The number of fused-ring (bicyclic) bond motifs is 1. The van der Waals surface area contributed by atoms with Gasteiger partial charge in [0.05, 0.1) is 6.10 Å². The van der Waals surface area contributed by atoms with E-state index in [2.05, 4.69) is 48.7 Å². The van der Waals surface area contributed by atoms with E-state index in [1.165, 1.54) is 5.56 Å². The highest BCUT2D eigenvalue weighted by Gasteiger charge is 2.23. The maximum absolute atomic E-state index is 11.7. The fraction of sp³-hybridized carbons (Fsp3) is 0.409. The number of anilines is 1. The molecule has 1 amide bonds. The van der Waals surface area contributed by atoms with Crippen LogP contribution < -0.4 is 10.6 Å². The summed E-state index contributed by atoms with van der Waals surface area (Å²) >= 11 is 0. The number of aryl methyl sites for hydroxylation is 2. The molecule has 4 heteroatoms. The minimum Gasteiger partial charge on any atom is -0.387 e. The summed E-state index contributed by atoms with van der Waals surface area (Å²) in [6, 6.07) is 16.3. The molecule has 0 spiro atoms. The van der Waals surface area contributed by atoms with Gasteiger partial charge in [0, 0.05) is 29.8 Å². The third kappa shape index (κ3) is 4.71. The average molecular weight is 352 g/mol. The Bertz CT molecular complexity index is 756. The third-order valence-electron chi connectivity index (χ3n) is 5.08. The molecule has 2 aromatic rings. The van der Waals surface area contributed by atoms with Gasteiger partial charge in [-0.25, -0.2) is 0 Å². The van der Waals surface area contributed by atoms with Crippen molar-refractivity contribution in [2.24, 2.45) is 0 Å². The van der Waals surface area contributed by atoms with Gasteiger partial charge in [-0.3, -0.25) is 4.79 Å². The summed E-state index contributed by atoms with van der Waals surface area (Å²) in [6.07, 6.45) is 2.57. The van der Waals surface area contributed by atoms with E-state index in [0.29, 0.717) is 13.0 Å². The monoisotopic (exact) mass is 352 g/mol. The van der Waals surface area contributed by atoms with E-state index in [1.54, 1.807) is 0 Å².